The van der Waals surface area contributed by atoms with Gasteiger partial charge in [0.1, 0.15) is 10.7 Å². The molecule has 0 bridgehead atoms. The minimum Gasteiger partial charge on any atom is -0.351 e. The van der Waals surface area contributed by atoms with Crippen molar-refractivity contribution in [2.45, 2.75) is 12.8 Å². The summed E-state index contributed by atoms with van der Waals surface area (Å²) in [6.45, 7) is 2.43. The highest BCUT2D eigenvalue weighted by Crippen LogP contribution is 2.26. The minimum absolute atomic E-state index is 0.0147. The summed E-state index contributed by atoms with van der Waals surface area (Å²) in [5.41, 5.74) is 2.07. The van der Waals surface area contributed by atoms with Crippen LogP contribution in [-0.4, -0.2) is 27.4 Å². The SMILES string of the molecule is CC(CNC(=O)c1cc(Cl)cc(Br)c1)c1nccnc1-c1nccs1. The van der Waals surface area contributed by atoms with Crippen LogP contribution in [0.15, 0.2) is 46.6 Å². The number of nitrogens with one attached hydrogen (secondary N) is 1. The number of hydrogen-bond acceptors (Lipinski definition) is 5. The Bertz CT molecular complexity index is 868. The number of nitrogens with zero attached hydrogens (tertiary/aromatic N) is 3. The number of aromatic nitrogens is 3. The lowest BCUT2D eigenvalue weighted by atomic mass is 10.1. The minimum atomic E-state index is -0.185. The smallest absolute Gasteiger partial charge is 0.251 e. The molecule has 1 N–H and O–H groups in total. The Morgan fingerprint density at radius 1 is 1.24 bits per heavy atom. The molecule has 1 atom stereocenters. The number of benzene rings is 1. The molecule has 2 aromatic heterocycles. The first-order valence-corrected chi connectivity index (χ1v) is 9.54. The van der Waals surface area contributed by atoms with E-state index >= 15 is 0 Å². The fourth-order valence-corrected chi connectivity index (χ4v) is 3.85. The summed E-state index contributed by atoms with van der Waals surface area (Å²) in [6, 6.07) is 5.10. The largest absolute Gasteiger partial charge is 0.351 e. The molecule has 0 fully saturated rings. The van der Waals surface area contributed by atoms with Crippen molar-refractivity contribution < 1.29 is 4.79 Å². The van der Waals surface area contributed by atoms with E-state index in [4.69, 9.17) is 11.6 Å². The van der Waals surface area contributed by atoms with Crippen molar-refractivity contribution in [1.29, 1.82) is 0 Å². The lowest BCUT2D eigenvalue weighted by molar-refractivity contribution is 0.0951. The van der Waals surface area contributed by atoms with Crippen molar-refractivity contribution >= 4 is 44.8 Å². The van der Waals surface area contributed by atoms with Gasteiger partial charge in [0.05, 0.1) is 5.69 Å². The molecule has 0 saturated heterocycles. The Morgan fingerprint density at radius 2 is 2.04 bits per heavy atom. The average Bonchev–Trinajstić information content (AvgIpc) is 3.13. The van der Waals surface area contributed by atoms with Crippen molar-refractivity contribution in [1.82, 2.24) is 20.3 Å². The van der Waals surface area contributed by atoms with Gasteiger partial charge in [-0.15, -0.1) is 11.3 Å². The lowest BCUT2D eigenvalue weighted by Crippen LogP contribution is -2.28. The Labute approximate surface area is 162 Å². The first-order chi connectivity index (χ1) is 12.0. The van der Waals surface area contributed by atoms with E-state index in [9.17, 15) is 4.79 Å². The molecule has 0 radical (unpaired) electrons. The first kappa shape index (κ1) is 18.0. The van der Waals surface area contributed by atoms with E-state index in [2.05, 4.69) is 36.2 Å². The molecule has 1 aromatic carbocycles. The van der Waals surface area contributed by atoms with Crippen molar-refractivity contribution in [3.63, 3.8) is 0 Å². The van der Waals surface area contributed by atoms with Crippen LogP contribution in [-0.2, 0) is 0 Å². The third kappa shape index (κ3) is 4.42. The second-order valence-corrected chi connectivity index (χ2v) is 7.64. The monoisotopic (exact) mass is 436 g/mol. The summed E-state index contributed by atoms with van der Waals surface area (Å²) < 4.78 is 0.762. The number of amides is 1. The van der Waals surface area contributed by atoms with Crippen molar-refractivity contribution in [3.8, 4) is 10.7 Å². The molecular formula is C17H14BrClN4OS. The molecule has 128 valence electrons. The van der Waals surface area contributed by atoms with E-state index in [0.717, 1.165) is 20.9 Å². The molecule has 1 unspecified atom stereocenters. The molecule has 0 spiro atoms. The maximum Gasteiger partial charge on any atom is 0.251 e. The molecule has 5 nitrogen and oxygen atoms in total. The molecule has 2 heterocycles. The van der Waals surface area contributed by atoms with Crippen LogP contribution in [0.25, 0.3) is 10.7 Å². The predicted octanol–water partition coefficient (Wildman–Crippen LogP) is 4.55. The zero-order valence-corrected chi connectivity index (χ0v) is 16.4. The quantitative estimate of drug-likeness (QED) is 0.636. The van der Waals surface area contributed by atoms with E-state index in [1.165, 1.54) is 11.3 Å². The van der Waals surface area contributed by atoms with Crippen LogP contribution in [0.2, 0.25) is 5.02 Å². The van der Waals surface area contributed by atoms with Gasteiger partial charge < -0.3 is 5.32 Å². The van der Waals surface area contributed by atoms with Gasteiger partial charge in [0.25, 0.3) is 5.91 Å². The summed E-state index contributed by atoms with van der Waals surface area (Å²) in [5, 5.41) is 6.15. The number of rotatable bonds is 5. The van der Waals surface area contributed by atoms with E-state index in [-0.39, 0.29) is 11.8 Å². The normalized spacial score (nSPS) is 12.0. The summed E-state index contributed by atoms with van der Waals surface area (Å²) in [7, 11) is 0. The Hall–Kier alpha value is -1.83. The topological polar surface area (TPSA) is 67.8 Å². The third-order valence-corrected chi connectivity index (χ3v) is 4.98. The van der Waals surface area contributed by atoms with Gasteiger partial charge in [-0.25, -0.2) is 4.98 Å². The van der Waals surface area contributed by atoms with Crippen LogP contribution < -0.4 is 5.32 Å². The summed E-state index contributed by atoms with van der Waals surface area (Å²) in [6.07, 6.45) is 5.04. The van der Waals surface area contributed by atoms with Crippen molar-refractivity contribution in [2.75, 3.05) is 6.54 Å². The van der Waals surface area contributed by atoms with E-state index < -0.39 is 0 Å². The summed E-state index contributed by atoms with van der Waals surface area (Å²) >= 11 is 10.8. The molecule has 0 aliphatic rings. The highest BCUT2D eigenvalue weighted by atomic mass is 79.9. The van der Waals surface area contributed by atoms with Crippen LogP contribution >= 0.6 is 38.9 Å². The Balaban J connectivity index is 1.73. The Kier molecular flexibility index (Phi) is 5.78. The third-order valence-electron chi connectivity index (χ3n) is 3.52. The van der Waals surface area contributed by atoms with E-state index in [1.807, 2.05) is 12.3 Å². The maximum atomic E-state index is 12.4. The van der Waals surface area contributed by atoms with Crippen LogP contribution in [0.1, 0.15) is 28.9 Å². The molecule has 25 heavy (non-hydrogen) atoms. The Morgan fingerprint density at radius 3 is 2.76 bits per heavy atom. The van der Waals surface area contributed by atoms with Crippen LogP contribution in [0.3, 0.4) is 0 Å². The van der Waals surface area contributed by atoms with E-state index in [1.54, 1.807) is 36.8 Å². The standard InChI is InChI=1S/C17H14BrClN4OS/c1-10(9-23-16(24)11-6-12(18)8-13(19)7-11)14-15(21-3-2-20-14)17-22-4-5-25-17/h2-8,10H,9H2,1H3,(H,23,24). The highest BCUT2D eigenvalue weighted by molar-refractivity contribution is 9.10. The number of hydrogen-bond donors (Lipinski definition) is 1. The maximum absolute atomic E-state index is 12.4. The fourth-order valence-electron chi connectivity index (χ4n) is 2.34. The molecule has 3 aromatic rings. The molecule has 0 saturated carbocycles. The van der Waals surface area contributed by atoms with Gasteiger partial charge in [-0.3, -0.25) is 14.8 Å². The number of thiazole rings is 1. The van der Waals surface area contributed by atoms with Crippen LogP contribution in [0.5, 0.6) is 0 Å². The van der Waals surface area contributed by atoms with Crippen LogP contribution in [0, 0.1) is 0 Å². The van der Waals surface area contributed by atoms with Gasteiger partial charge in [0.2, 0.25) is 0 Å². The van der Waals surface area contributed by atoms with Gasteiger partial charge in [0, 0.05) is 51.5 Å². The number of carbonyl (C=O) groups is 1. The van der Waals surface area contributed by atoms with Crippen molar-refractivity contribution in [3.05, 3.63) is 62.9 Å². The van der Waals surface area contributed by atoms with Crippen LogP contribution in [0.4, 0.5) is 0 Å². The van der Waals surface area contributed by atoms with Gasteiger partial charge >= 0.3 is 0 Å². The highest BCUT2D eigenvalue weighted by Gasteiger charge is 2.17. The lowest BCUT2D eigenvalue weighted by Gasteiger charge is -2.14. The molecule has 0 aliphatic carbocycles. The zero-order valence-electron chi connectivity index (χ0n) is 13.2. The average molecular weight is 438 g/mol. The molecular weight excluding hydrogens is 424 g/mol. The second kappa shape index (κ2) is 8.03. The number of carbonyl (C=O) groups excluding carboxylic acids is 1. The summed E-state index contributed by atoms with van der Waals surface area (Å²) in [5.74, 6) is -0.200. The fraction of sp³-hybridized carbons (Fsp3) is 0.176. The van der Waals surface area contributed by atoms with Gasteiger partial charge in [-0.1, -0.05) is 34.5 Å². The number of halogens is 2. The molecule has 8 heteroatoms. The molecule has 3 rings (SSSR count). The first-order valence-electron chi connectivity index (χ1n) is 7.49. The predicted molar refractivity (Wildman–Crippen MR) is 103 cm³/mol. The van der Waals surface area contributed by atoms with Gasteiger partial charge in [-0.05, 0) is 18.2 Å². The second-order valence-electron chi connectivity index (χ2n) is 5.40. The molecule has 1 amide bonds. The summed E-state index contributed by atoms with van der Waals surface area (Å²) in [4.78, 5) is 25.5. The molecule has 0 aliphatic heterocycles. The van der Waals surface area contributed by atoms with Gasteiger partial charge in [-0.2, -0.15) is 0 Å². The van der Waals surface area contributed by atoms with Crippen molar-refractivity contribution in [2.24, 2.45) is 0 Å². The van der Waals surface area contributed by atoms with Gasteiger partial charge in [0.15, 0.2) is 0 Å². The zero-order chi connectivity index (χ0) is 17.8. The van der Waals surface area contributed by atoms with E-state index in [0.29, 0.717) is 17.1 Å².